The molecule has 0 aliphatic heterocycles. The zero-order valence-corrected chi connectivity index (χ0v) is 11.6. The SMILES string of the molecule is CCC(O)c1cc(OCc2ccccc2)ccc1Cl. The molecule has 0 amide bonds. The van der Waals surface area contributed by atoms with Crippen LogP contribution in [0, 0.1) is 0 Å². The lowest BCUT2D eigenvalue weighted by Gasteiger charge is -2.13. The summed E-state index contributed by atoms with van der Waals surface area (Å²) >= 11 is 6.07. The number of hydrogen-bond donors (Lipinski definition) is 1. The number of halogens is 1. The molecular weight excluding hydrogens is 260 g/mol. The molecule has 2 nitrogen and oxygen atoms in total. The molecule has 0 spiro atoms. The third kappa shape index (κ3) is 3.72. The molecule has 2 aromatic rings. The van der Waals surface area contributed by atoms with Gasteiger partial charge in [0.2, 0.25) is 0 Å². The quantitative estimate of drug-likeness (QED) is 0.879. The predicted molar refractivity (Wildman–Crippen MR) is 77.5 cm³/mol. The zero-order valence-electron chi connectivity index (χ0n) is 10.8. The summed E-state index contributed by atoms with van der Waals surface area (Å²) in [5, 5.41) is 10.5. The minimum Gasteiger partial charge on any atom is -0.489 e. The molecule has 19 heavy (non-hydrogen) atoms. The second-order valence-corrected chi connectivity index (χ2v) is 4.79. The molecule has 1 N–H and O–H groups in total. The highest BCUT2D eigenvalue weighted by Gasteiger charge is 2.10. The van der Waals surface area contributed by atoms with Crippen LogP contribution in [0.1, 0.15) is 30.6 Å². The summed E-state index contributed by atoms with van der Waals surface area (Å²) in [6.45, 7) is 2.42. The van der Waals surface area contributed by atoms with Crippen molar-refractivity contribution in [1.29, 1.82) is 0 Å². The fourth-order valence-electron chi connectivity index (χ4n) is 1.83. The van der Waals surface area contributed by atoms with Gasteiger partial charge in [-0.2, -0.15) is 0 Å². The molecule has 0 aliphatic rings. The fourth-order valence-corrected chi connectivity index (χ4v) is 2.07. The first-order valence-corrected chi connectivity index (χ1v) is 6.72. The Labute approximate surface area is 118 Å². The lowest BCUT2D eigenvalue weighted by molar-refractivity contribution is 0.173. The molecule has 0 saturated carbocycles. The summed E-state index contributed by atoms with van der Waals surface area (Å²) < 4.78 is 5.71. The number of hydrogen-bond acceptors (Lipinski definition) is 2. The minimum atomic E-state index is -0.548. The Morgan fingerprint density at radius 2 is 1.89 bits per heavy atom. The van der Waals surface area contributed by atoms with Crippen LogP contribution in [0.4, 0.5) is 0 Å². The number of benzene rings is 2. The summed E-state index contributed by atoms with van der Waals surface area (Å²) in [6.07, 6.45) is 0.0785. The maximum absolute atomic E-state index is 9.88. The summed E-state index contributed by atoms with van der Waals surface area (Å²) in [5.41, 5.74) is 1.82. The monoisotopic (exact) mass is 276 g/mol. The van der Waals surface area contributed by atoms with E-state index in [0.717, 1.165) is 16.9 Å². The highest BCUT2D eigenvalue weighted by atomic mass is 35.5. The third-order valence-corrected chi connectivity index (χ3v) is 3.31. The Morgan fingerprint density at radius 3 is 2.58 bits per heavy atom. The van der Waals surface area contributed by atoms with Crippen LogP contribution in [0.25, 0.3) is 0 Å². The molecule has 100 valence electrons. The van der Waals surface area contributed by atoms with Gasteiger partial charge >= 0.3 is 0 Å². The average Bonchev–Trinajstić information content (AvgIpc) is 2.46. The van der Waals surface area contributed by atoms with Crippen LogP contribution in [0.2, 0.25) is 5.02 Å². The lowest BCUT2D eigenvalue weighted by Crippen LogP contribution is -1.99. The van der Waals surface area contributed by atoms with E-state index in [0.29, 0.717) is 18.1 Å². The van der Waals surface area contributed by atoms with Crippen LogP contribution in [-0.2, 0) is 6.61 Å². The maximum Gasteiger partial charge on any atom is 0.120 e. The smallest absolute Gasteiger partial charge is 0.120 e. The molecule has 2 aromatic carbocycles. The summed E-state index contributed by atoms with van der Waals surface area (Å²) in [6, 6.07) is 15.3. The molecule has 0 aromatic heterocycles. The molecule has 0 fully saturated rings. The van der Waals surface area contributed by atoms with E-state index >= 15 is 0 Å². The molecule has 0 radical (unpaired) electrons. The summed E-state index contributed by atoms with van der Waals surface area (Å²) in [4.78, 5) is 0. The molecule has 3 heteroatoms. The predicted octanol–water partition coefficient (Wildman–Crippen LogP) is 4.36. The van der Waals surface area contributed by atoms with Crippen molar-refractivity contribution in [1.82, 2.24) is 0 Å². The topological polar surface area (TPSA) is 29.5 Å². The van der Waals surface area contributed by atoms with Crippen molar-refractivity contribution >= 4 is 11.6 Å². The van der Waals surface area contributed by atoms with E-state index in [2.05, 4.69) is 0 Å². The Morgan fingerprint density at radius 1 is 1.16 bits per heavy atom. The number of rotatable bonds is 5. The van der Waals surface area contributed by atoms with Gasteiger partial charge in [-0.3, -0.25) is 0 Å². The summed E-state index contributed by atoms with van der Waals surface area (Å²) in [7, 11) is 0. The molecule has 0 saturated heterocycles. The summed E-state index contributed by atoms with van der Waals surface area (Å²) in [5.74, 6) is 0.718. The van der Waals surface area contributed by atoms with E-state index in [-0.39, 0.29) is 0 Å². The Hall–Kier alpha value is -1.51. The number of aliphatic hydroxyl groups excluding tert-OH is 1. The van der Waals surface area contributed by atoms with Gasteiger partial charge in [0.1, 0.15) is 12.4 Å². The highest BCUT2D eigenvalue weighted by Crippen LogP contribution is 2.29. The first-order chi connectivity index (χ1) is 9.20. The van der Waals surface area contributed by atoms with Crippen molar-refractivity contribution < 1.29 is 9.84 Å². The average molecular weight is 277 g/mol. The highest BCUT2D eigenvalue weighted by molar-refractivity contribution is 6.31. The van der Waals surface area contributed by atoms with Crippen LogP contribution < -0.4 is 4.74 Å². The van der Waals surface area contributed by atoms with Crippen molar-refractivity contribution in [2.45, 2.75) is 26.1 Å². The molecule has 0 bridgehead atoms. The standard InChI is InChI=1S/C16H17ClO2/c1-2-16(18)14-10-13(8-9-15(14)17)19-11-12-6-4-3-5-7-12/h3-10,16,18H,2,11H2,1H3. The number of aliphatic hydroxyl groups is 1. The largest absolute Gasteiger partial charge is 0.489 e. The van der Waals surface area contributed by atoms with Gasteiger partial charge in [-0.25, -0.2) is 0 Å². The molecule has 0 aliphatic carbocycles. The van der Waals surface area contributed by atoms with Gasteiger partial charge in [0.05, 0.1) is 6.10 Å². The molecule has 2 rings (SSSR count). The van der Waals surface area contributed by atoms with Gasteiger partial charge in [0.25, 0.3) is 0 Å². The second-order valence-electron chi connectivity index (χ2n) is 4.38. The third-order valence-electron chi connectivity index (χ3n) is 2.96. The fraction of sp³-hybridized carbons (Fsp3) is 0.250. The molecule has 1 unspecified atom stereocenters. The van der Waals surface area contributed by atoms with Gasteiger partial charge in [0.15, 0.2) is 0 Å². The van der Waals surface area contributed by atoms with Crippen molar-refractivity contribution in [2.75, 3.05) is 0 Å². The minimum absolute atomic E-state index is 0.504. The van der Waals surface area contributed by atoms with Gasteiger partial charge < -0.3 is 9.84 Å². The van der Waals surface area contributed by atoms with E-state index in [9.17, 15) is 5.11 Å². The lowest BCUT2D eigenvalue weighted by atomic mass is 10.1. The first kappa shape index (κ1) is 13.9. The van der Waals surface area contributed by atoms with Gasteiger partial charge in [-0.15, -0.1) is 0 Å². The maximum atomic E-state index is 9.88. The van der Waals surface area contributed by atoms with Crippen molar-refractivity contribution in [3.05, 3.63) is 64.7 Å². The molecule has 0 heterocycles. The molecule has 1 atom stereocenters. The first-order valence-electron chi connectivity index (χ1n) is 6.35. The van der Waals surface area contributed by atoms with Crippen molar-refractivity contribution in [3.63, 3.8) is 0 Å². The van der Waals surface area contributed by atoms with Crippen LogP contribution in [0.15, 0.2) is 48.5 Å². The van der Waals surface area contributed by atoms with Crippen LogP contribution in [0.3, 0.4) is 0 Å². The van der Waals surface area contributed by atoms with E-state index in [1.807, 2.05) is 43.3 Å². The van der Waals surface area contributed by atoms with E-state index < -0.39 is 6.10 Å². The van der Waals surface area contributed by atoms with Gasteiger partial charge in [-0.05, 0) is 30.2 Å². The van der Waals surface area contributed by atoms with Crippen molar-refractivity contribution in [3.8, 4) is 5.75 Å². The Bertz CT molecular complexity index is 526. The van der Waals surface area contributed by atoms with Gasteiger partial charge in [0, 0.05) is 10.6 Å². The second kappa shape index (κ2) is 6.60. The van der Waals surface area contributed by atoms with Crippen LogP contribution in [0.5, 0.6) is 5.75 Å². The Kier molecular flexibility index (Phi) is 4.83. The van der Waals surface area contributed by atoms with Crippen LogP contribution >= 0.6 is 11.6 Å². The number of ether oxygens (including phenoxy) is 1. The molecular formula is C16H17ClO2. The van der Waals surface area contributed by atoms with Crippen LogP contribution in [-0.4, -0.2) is 5.11 Å². The Balaban J connectivity index is 2.09. The zero-order chi connectivity index (χ0) is 13.7. The van der Waals surface area contributed by atoms with Gasteiger partial charge in [-0.1, -0.05) is 48.9 Å². The van der Waals surface area contributed by atoms with E-state index in [1.165, 1.54) is 0 Å². The van der Waals surface area contributed by atoms with Crippen molar-refractivity contribution in [2.24, 2.45) is 0 Å². The van der Waals surface area contributed by atoms with E-state index in [1.54, 1.807) is 12.1 Å². The van der Waals surface area contributed by atoms with E-state index in [4.69, 9.17) is 16.3 Å². The normalized spacial score (nSPS) is 12.2.